The minimum absolute atomic E-state index is 0. The van der Waals surface area contributed by atoms with E-state index in [1.54, 1.807) is 0 Å². The van der Waals surface area contributed by atoms with Crippen molar-refractivity contribution in [2.75, 3.05) is 0 Å². The van der Waals surface area contributed by atoms with Crippen LogP contribution in [0.15, 0.2) is 0 Å². The summed E-state index contributed by atoms with van der Waals surface area (Å²) < 4.78 is 0. The Labute approximate surface area is 95.3 Å². The van der Waals surface area contributed by atoms with Crippen LogP contribution in [-0.2, 0) is 9.59 Å². The summed E-state index contributed by atoms with van der Waals surface area (Å²) in [4.78, 5) is 19.3. The molecule has 0 unspecified atom stereocenters. The Bertz CT molecular complexity index is 105. The monoisotopic (exact) mass is 258 g/mol. The number of carboxylic acids is 2. The number of carbonyl (C=O) groups is 2. The summed E-state index contributed by atoms with van der Waals surface area (Å²) in [5.74, 6) is -2.15. The number of carboxylic acid groups (broad SMARTS) is 2. The van der Waals surface area contributed by atoms with Crippen molar-refractivity contribution in [2.24, 2.45) is 0 Å². The van der Waals surface area contributed by atoms with Crippen molar-refractivity contribution in [3.8, 4) is 0 Å². The fourth-order valence-corrected chi connectivity index (χ4v) is 0.214. The second kappa shape index (κ2) is 6.63. The molecule has 0 aliphatic rings. The molecule has 0 rings (SSSR count). The molecule has 2 N–H and O–H groups in total. The van der Waals surface area contributed by atoms with E-state index in [0.717, 1.165) is 0 Å². The predicted octanol–water partition coefficient (Wildman–Crippen LogP) is -0.220. The molecule has 0 saturated carbocycles. The van der Waals surface area contributed by atoms with Crippen molar-refractivity contribution in [3.63, 3.8) is 0 Å². The van der Waals surface area contributed by atoms with Crippen LogP contribution in [0.5, 0.6) is 0 Å². The summed E-state index contributed by atoms with van der Waals surface area (Å²) in [6.45, 7) is 0. The van der Waals surface area contributed by atoms with Gasteiger partial charge in [0.2, 0.25) is 0 Å². The molecule has 0 bridgehead atoms. The molecule has 0 atom stereocenters. The molecular weight excluding hydrogens is 249 g/mol. The van der Waals surface area contributed by atoms with Crippen molar-refractivity contribution in [1.82, 2.24) is 0 Å². The van der Waals surface area contributed by atoms with Gasteiger partial charge in [-0.1, -0.05) is 0 Å². The zero-order valence-electron chi connectivity index (χ0n) is 6.83. The molecule has 4 nitrogen and oxygen atoms in total. The summed E-state index contributed by atoms with van der Waals surface area (Å²) in [7, 11) is 0. The maximum absolute atomic E-state index is 9.64. The van der Waals surface area contributed by atoms with Gasteiger partial charge < -0.3 is 13.1 Å². The summed E-state index contributed by atoms with van der Waals surface area (Å²) in [6, 6.07) is 0. The minimum Gasteiger partial charge on any atom is -1.00 e. The van der Waals surface area contributed by atoms with Gasteiger partial charge >= 0.3 is 60.8 Å². The fraction of sp³-hybridized carbons (Fsp3) is 0.500. The zero-order valence-corrected chi connectivity index (χ0v) is 9.27. The Morgan fingerprint density at radius 2 is 1.33 bits per heavy atom. The van der Waals surface area contributed by atoms with Gasteiger partial charge in [-0.2, -0.15) is 0 Å². The quantitative estimate of drug-likeness (QED) is 0.686. The molecule has 9 heavy (non-hydrogen) atoms. The van der Waals surface area contributed by atoms with Crippen LogP contribution in [0, 0.1) is 0 Å². The van der Waals surface area contributed by atoms with Crippen molar-refractivity contribution in [2.45, 2.75) is 12.8 Å². The Morgan fingerprint density at radius 3 is 1.44 bits per heavy atom. The minimum atomic E-state index is -1.08. The van der Waals surface area contributed by atoms with Gasteiger partial charge in [0.1, 0.15) is 0 Å². The van der Waals surface area contributed by atoms with E-state index in [-0.39, 0.29) is 64.6 Å². The van der Waals surface area contributed by atoms with Crippen molar-refractivity contribution in [3.05, 3.63) is 0 Å². The second-order valence-electron chi connectivity index (χ2n) is 1.29. The molecule has 0 aliphatic heterocycles. The Kier molecular flexibility index (Phi) is 9.00. The van der Waals surface area contributed by atoms with E-state index in [0.29, 0.717) is 0 Å². The Morgan fingerprint density at radius 1 is 1.11 bits per heavy atom. The van der Waals surface area contributed by atoms with E-state index in [2.05, 4.69) is 0 Å². The third-order valence-electron chi connectivity index (χ3n) is 0.553. The van der Waals surface area contributed by atoms with E-state index in [4.69, 9.17) is 10.2 Å². The first-order valence-corrected chi connectivity index (χ1v) is 2.06. The van der Waals surface area contributed by atoms with Gasteiger partial charge in [-0.3, -0.25) is 9.59 Å². The van der Waals surface area contributed by atoms with Crippen LogP contribution in [0.3, 0.4) is 0 Å². The molecule has 5 heteroatoms. The molecule has 0 fully saturated rings. The molecule has 0 amide bonds. The summed E-state index contributed by atoms with van der Waals surface area (Å²) in [5.41, 5.74) is 0. The topological polar surface area (TPSA) is 74.6 Å². The normalized spacial score (nSPS) is 7.56. The second-order valence-corrected chi connectivity index (χ2v) is 1.29. The van der Waals surface area contributed by atoms with Gasteiger partial charge in [-0.05, 0) is 0 Å². The van der Waals surface area contributed by atoms with Crippen molar-refractivity contribution >= 4 is 60.8 Å². The van der Waals surface area contributed by atoms with E-state index >= 15 is 0 Å². The van der Waals surface area contributed by atoms with E-state index in [1.807, 2.05) is 0 Å². The van der Waals surface area contributed by atoms with E-state index in [1.165, 1.54) is 0 Å². The molecule has 50 valence electrons. The smallest absolute Gasteiger partial charge is 1.00 e. The molecule has 0 aromatic rings. The Hall–Kier alpha value is 0.511. The fourth-order valence-electron chi connectivity index (χ4n) is 0.214. The zero-order chi connectivity index (χ0) is 6.57. The third-order valence-corrected chi connectivity index (χ3v) is 0.553. The average molecular weight is 257 g/mol. The summed E-state index contributed by atoms with van der Waals surface area (Å²) in [6.07, 6.45) is -0.593. The van der Waals surface area contributed by atoms with Gasteiger partial charge in [0, 0.05) is 0 Å². The van der Waals surface area contributed by atoms with E-state index < -0.39 is 11.9 Å². The molecule has 0 spiro atoms. The largest absolute Gasteiger partial charge is 2.00 e. The first kappa shape index (κ1) is 12.2. The summed E-state index contributed by atoms with van der Waals surface area (Å²) >= 11 is 0. The van der Waals surface area contributed by atoms with Crippen LogP contribution >= 0.6 is 0 Å². The van der Waals surface area contributed by atoms with Gasteiger partial charge in [0.05, 0.1) is 12.8 Å². The molecule has 0 radical (unpaired) electrons. The molecular formula is C4H8BaO4. The van der Waals surface area contributed by atoms with Crippen molar-refractivity contribution in [1.29, 1.82) is 0 Å². The number of aliphatic carboxylic acids is 2. The molecule has 0 heterocycles. The van der Waals surface area contributed by atoms with E-state index in [9.17, 15) is 9.59 Å². The van der Waals surface area contributed by atoms with Crippen LogP contribution in [0.4, 0.5) is 0 Å². The number of hydrogen-bond acceptors (Lipinski definition) is 2. The molecule has 0 aromatic heterocycles. The van der Waals surface area contributed by atoms with Gasteiger partial charge in [0.25, 0.3) is 0 Å². The Balaban J connectivity index is -0.0000000817. The number of hydrogen-bond donors (Lipinski definition) is 2. The maximum atomic E-state index is 9.64. The molecule has 0 aromatic carbocycles. The first-order chi connectivity index (χ1) is 3.63. The number of rotatable bonds is 3. The van der Waals surface area contributed by atoms with Crippen LogP contribution in [0.1, 0.15) is 15.7 Å². The maximum Gasteiger partial charge on any atom is 2.00 e. The van der Waals surface area contributed by atoms with Gasteiger partial charge in [-0.15, -0.1) is 0 Å². The van der Waals surface area contributed by atoms with Gasteiger partial charge in [0.15, 0.2) is 0 Å². The SMILES string of the molecule is O=C(O)CCC(=O)O.[Ba+2].[H-].[H-]. The van der Waals surface area contributed by atoms with Crippen molar-refractivity contribution < 1.29 is 22.7 Å². The molecule has 0 aliphatic carbocycles. The van der Waals surface area contributed by atoms with Crippen LogP contribution < -0.4 is 0 Å². The average Bonchev–Trinajstić information content (AvgIpc) is 1.61. The summed E-state index contributed by atoms with van der Waals surface area (Å²) in [5, 5.41) is 15.8. The third kappa shape index (κ3) is 11.9. The van der Waals surface area contributed by atoms with Crippen LogP contribution in [-0.4, -0.2) is 71.0 Å². The standard InChI is InChI=1S/C4H6O4.Ba.2H/c5-3(6)1-2-4(7)8;;;/h1-2H2,(H,5,6)(H,7,8);;;/q;+2;2*-1. The van der Waals surface area contributed by atoms with Gasteiger partial charge in [-0.25, -0.2) is 0 Å². The molecule has 0 saturated heterocycles. The van der Waals surface area contributed by atoms with Crippen LogP contribution in [0.25, 0.3) is 0 Å². The predicted molar refractivity (Wildman–Crippen MR) is 32.5 cm³/mol. The first-order valence-electron chi connectivity index (χ1n) is 2.06. The van der Waals surface area contributed by atoms with Crippen LogP contribution in [0.2, 0.25) is 0 Å².